The van der Waals surface area contributed by atoms with Crippen molar-refractivity contribution in [3.8, 4) is 11.5 Å². The average molecular weight is 513 g/mol. The molecule has 0 radical (unpaired) electrons. The van der Waals surface area contributed by atoms with Crippen LogP contribution in [0, 0.1) is 0 Å². The van der Waals surface area contributed by atoms with Gasteiger partial charge in [0.05, 0.1) is 0 Å². The molecule has 3 aromatic carbocycles. The highest BCUT2D eigenvalue weighted by Crippen LogP contribution is 2.42. The summed E-state index contributed by atoms with van der Waals surface area (Å²) in [7, 11) is 0. The molecule has 1 aliphatic rings. The minimum absolute atomic E-state index is 0.707. The van der Waals surface area contributed by atoms with Gasteiger partial charge in [0.2, 0.25) is 0 Å². The highest BCUT2D eigenvalue weighted by atomic mass is 16.5. The van der Waals surface area contributed by atoms with Crippen LogP contribution in [0.3, 0.4) is 0 Å². The molecule has 3 aromatic rings. The van der Waals surface area contributed by atoms with Crippen LogP contribution in [0.1, 0.15) is 56.4 Å². The first kappa shape index (κ1) is 27.9. The molecule has 1 aliphatic carbocycles. The molecule has 4 heteroatoms. The van der Waals surface area contributed by atoms with Crippen LogP contribution in [0.4, 0.5) is 0 Å². The Morgan fingerprint density at radius 1 is 0.605 bits per heavy atom. The monoisotopic (exact) mass is 512 g/mol. The van der Waals surface area contributed by atoms with E-state index >= 15 is 0 Å². The molecule has 0 aromatic heterocycles. The van der Waals surface area contributed by atoms with Crippen molar-refractivity contribution in [1.29, 1.82) is 0 Å². The summed E-state index contributed by atoms with van der Waals surface area (Å²) in [4.78, 5) is 4.77. The number of rotatable bonds is 14. The van der Waals surface area contributed by atoms with Crippen molar-refractivity contribution in [3.63, 3.8) is 0 Å². The Hall–Kier alpha value is -3.08. The smallest absolute Gasteiger partial charge is 0.119 e. The summed E-state index contributed by atoms with van der Waals surface area (Å²) in [5, 5.41) is 0. The lowest BCUT2D eigenvalue weighted by Crippen LogP contribution is -2.27. The van der Waals surface area contributed by atoms with Gasteiger partial charge < -0.3 is 19.3 Å². The largest absolute Gasteiger partial charge is 0.492 e. The van der Waals surface area contributed by atoms with Gasteiger partial charge in [-0.1, -0.05) is 76.2 Å². The zero-order chi connectivity index (χ0) is 26.7. The topological polar surface area (TPSA) is 24.9 Å². The summed E-state index contributed by atoms with van der Waals surface area (Å²) < 4.78 is 12.2. The number of nitrogens with zero attached hydrogens (tertiary/aromatic N) is 2. The molecule has 0 fully saturated rings. The number of hydrogen-bond acceptors (Lipinski definition) is 4. The molecule has 0 unspecified atom stereocenters. The van der Waals surface area contributed by atoms with Gasteiger partial charge in [-0.05, 0) is 96.7 Å². The van der Waals surface area contributed by atoms with Crippen LogP contribution in [0.15, 0.2) is 72.8 Å². The van der Waals surface area contributed by atoms with Crippen molar-refractivity contribution in [3.05, 3.63) is 95.1 Å². The van der Waals surface area contributed by atoms with Gasteiger partial charge in [0.25, 0.3) is 0 Å². The lowest BCUT2D eigenvalue weighted by atomic mass is 9.79. The lowest BCUT2D eigenvalue weighted by molar-refractivity contribution is 0.222. The predicted octanol–water partition coefficient (Wildman–Crippen LogP) is 7.03. The highest BCUT2D eigenvalue weighted by molar-refractivity contribution is 6.00. The van der Waals surface area contributed by atoms with Crippen molar-refractivity contribution in [2.24, 2.45) is 0 Å². The fourth-order valence-corrected chi connectivity index (χ4v) is 5.30. The summed E-state index contributed by atoms with van der Waals surface area (Å²) in [5.74, 6) is 1.89. The number of allylic oxidation sites excluding steroid dienone is 1. The first-order valence-electron chi connectivity index (χ1n) is 14.4. The van der Waals surface area contributed by atoms with E-state index in [0.717, 1.165) is 63.6 Å². The van der Waals surface area contributed by atoms with Gasteiger partial charge in [0, 0.05) is 13.1 Å². The first-order valence-corrected chi connectivity index (χ1v) is 14.4. The number of likely N-dealkylation sites (N-methyl/N-ethyl adjacent to an activating group) is 2. The molecular weight excluding hydrogens is 468 g/mol. The maximum Gasteiger partial charge on any atom is 0.119 e. The molecule has 0 spiro atoms. The van der Waals surface area contributed by atoms with Crippen LogP contribution >= 0.6 is 0 Å². The van der Waals surface area contributed by atoms with Gasteiger partial charge in [-0.15, -0.1) is 0 Å². The number of hydrogen-bond donors (Lipinski definition) is 0. The minimum atomic E-state index is 0.707. The maximum atomic E-state index is 6.17. The minimum Gasteiger partial charge on any atom is -0.492 e. The van der Waals surface area contributed by atoms with Crippen LogP contribution in [-0.4, -0.2) is 62.3 Å². The summed E-state index contributed by atoms with van der Waals surface area (Å²) >= 11 is 0. The average Bonchev–Trinajstić information content (AvgIpc) is 2.98. The van der Waals surface area contributed by atoms with Crippen LogP contribution in [0.25, 0.3) is 11.1 Å². The Morgan fingerprint density at radius 2 is 1.18 bits per heavy atom. The Morgan fingerprint density at radius 3 is 1.79 bits per heavy atom. The second-order valence-corrected chi connectivity index (χ2v) is 9.81. The third kappa shape index (κ3) is 7.06. The summed E-state index contributed by atoms with van der Waals surface area (Å²) in [6.07, 6.45) is 2.03. The van der Waals surface area contributed by atoms with Crippen molar-refractivity contribution in [2.75, 3.05) is 52.5 Å². The zero-order valence-corrected chi connectivity index (χ0v) is 23.7. The molecule has 0 heterocycles. The van der Waals surface area contributed by atoms with Crippen molar-refractivity contribution in [1.82, 2.24) is 9.80 Å². The van der Waals surface area contributed by atoms with E-state index in [9.17, 15) is 0 Å². The Balaban J connectivity index is 1.58. The third-order valence-electron chi connectivity index (χ3n) is 7.70. The number of fused-ring (bicyclic) bond motifs is 1. The zero-order valence-electron chi connectivity index (χ0n) is 23.7. The Labute approximate surface area is 229 Å². The van der Waals surface area contributed by atoms with E-state index in [4.69, 9.17) is 9.47 Å². The van der Waals surface area contributed by atoms with Crippen LogP contribution in [0.5, 0.6) is 11.5 Å². The van der Waals surface area contributed by atoms with Gasteiger partial charge in [-0.3, -0.25) is 0 Å². The molecule has 0 bridgehead atoms. The van der Waals surface area contributed by atoms with E-state index in [2.05, 4.69) is 110 Å². The second-order valence-electron chi connectivity index (χ2n) is 9.81. The fourth-order valence-electron chi connectivity index (χ4n) is 5.30. The van der Waals surface area contributed by atoms with Gasteiger partial charge in [-0.2, -0.15) is 0 Å². The standard InChI is InChI=1S/C34H44N2O2/c1-5-35(6-2)22-24-37-30-17-14-28(15-18-30)34-32(27-12-10-9-11-13-27)20-16-29-26-31(19-21-33(29)34)38-25-23-36(7-3)8-4/h9-15,17-19,21,26H,5-8,16,20,22-25H2,1-4H3. The van der Waals surface area contributed by atoms with E-state index in [0.29, 0.717) is 13.2 Å². The summed E-state index contributed by atoms with van der Waals surface area (Å²) in [6, 6.07) is 26.1. The molecule has 0 saturated heterocycles. The third-order valence-corrected chi connectivity index (χ3v) is 7.70. The first-order chi connectivity index (χ1) is 18.7. The molecule has 4 nitrogen and oxygen atoms in total. The molecule has 0 saturated carbocycles. The molecule has 38 heavy (non-hydrogen) atoms. The van der Waals surface area contributed by atoms with Crippen molar-refractivity contribution >= 4 is 11.1 Å². The summed E-state index contributed by atoms with van der Waals surface area (Å²) in [6.45, 7) is 16.3. The molecule has 4 rings (SSSR count). The van der Waals surface area contributed by atoms with E-state index < -0.39 is 0 Å². The quantitative estimate of drug-likeness (QED) is 0.231. The van der Waals surface area contributed by atoms with Gasteiger partial charge in [0.15, 0.2) is 0 Å². The van der Waals surface area contributed by atoms with Gasteiger partial charge in [-0.25, -0.2) is 0 Å². The number of aryl methyl sites for hydroxylation is 1. The Kier molecular flexibility index (Phi) is 10.4. The number of benzene rings is 3. The van der Waals surface area contributed by atoms with Crippen LogP contribution in [0.2, 0.25) is 0 Å². The Bertz CT molecular complexity index is 1160. The predicted molar refractivity (Wildman–Crippen MR) is 160 cm³/mol. The lowest BCUT2D eigenvalue weighted by Gasteiger charge is -2.25. The molecular formula is C34H44N2O2. The molecule has 0 amide bonds. The maximum absolute atomic E-state index is 6.17. The molecule has 0 aliphatic heterocycles. The van der Waals surface area contributed by atoms with Gasteiger partial charge >= 0.3 is 0 Å². The van der Waals surface area contributed by atoms with Gasteiger partial charge in [0.1, 0.15) is 24.7 Å². The van der Waals surface area contributed by atoms with Crippen molar-refractivity contribution in [2.45, 2.75) is 40.5 Å². The van der Waals surface area contributed by atoms with E-state index in [1.165, 1.54) is 33.4 Å². The number of ether oxygens (including phenoxy) is 2. The fraction of sp³-hybridized carbons (Fsp3) is 0.412. The van der Waals surface area contributed by atoms with E-state index in [1.807, 2.05) is 0 Å². The molecule has 0 atom stereocenters. The molecule has 202 valence electrons. The highest BCUT2D eigenvalue weighted by Gasteiger charge is 2.22. The van der Waals surface area contributed by atoms with E-state index in [1.54, 1.807) is 0 Å². The van der Waals surface area contributed by atoms with Crippen LogP contribution < -0.4 is 9.47 Å². The molecule has 0 N–H and O–H groups in total. The summed E-state index contributed by atoms with van der Waals surface area (Å²) in [5.41, 5.74) is 7.93. The van der Waals surface area contributed by atoms with Crippen molar-refractivity contribution < 1.29 is 9.47 Å². The van der Waals surface area contributed by atoms with Crippen LogP contribution in [-0.2, 0) is 6.42 Å². The van der Waals surface area contributed by atoms with E-state index in [-0.39, 0.29) is 0 Å². The normalized spacial score (nSPS) is 13.2. The second kappa shape index (κ2) is 14.2. The SMILES string of the molecule is CCN(CC)CCOc1ccc(C2=C(c3ccccc3)CCc3cc(OCCN(CC)CC)ccc32)cc1.